The Kier molecular flexibility index (Phi) is 8.88. The highest BCUT2D eigenvalue weighted by atomic mass is 16.7. The highest BCUT2D eigenvalue weighted by Gasteiger charge is 2.21. The minimum Gasteiger partial charge on any atom is -0.471 e. The second-order valence-electron chi connectivity index (χ2n) is 8.98. The first-order valence-corrected chi connectivity index (χ1v) is 12.1. The lowest BCUT2D eigenvalue weighted by Crippen LogP contribution is -2.22. The summed E-state index contributed by atoms with van der Waals surface area (Å²) in [5.74, 6) is 1.42. The first-order chi connectivity index (χ1) is 16.7. The Balaban J connectivity index is 1.57. The molecule has 1 aromatic heterocycles. The van der Waals surface area contributed by atoms with Crippen molar-refractivity contribution in [3.8, 4) is 11.8 Å². The Morgan fingerprint density at radius 2 is 1.38 bits per heavy atom. The fourth-order valence-corrected chi connectivity index (χ4v) is 3.78. The molecule has 0 spiro atoms. The highest BCUT2D eigenvalue weighted by Crippen LogP contribution is 2.27. The molecule has 4 rings (SSSR count). The lowest BCUT2D eigenvalue weighted by molar-refractivity contribution is -0.169. The molecular formula is C28H34N2O4. The molecule has 2 aromatic carbocycles. The third-order valence-electron chi connectivity index (χ3n) is 5.55. The van der Waals surface area contributed by atoms with Gasteiger partial charge >= 0.3 is 0 Å². The first kappa shape index (κ1) is 24.2. The van der Waals surface area contributed by atoms with Crippen molar-refractivity contribution in [2.45, 2.75) is 65.6 Å². The van der Waals surface area contributed by atoms with Gasteiger partial charge in [0.15, 0.2) is 6.29 Å². The average Bonchev–Trinajstić information content (AvgIpc) is 2.87. The van der Waals surface area contributed by atoms with Gasteiger partial charge in [0, 0.05) is 6.61 Å². The lowest BCUT2D eigenvalue weighted by Gasteiger charge is -2.23. The van der Waals surface area contributed by atoms with Crippen molar-refractivity contribution < 1.29 is 18.9 Å². The van der Waals surface area contributed by atoms with Crippen LogP contribution in [0.4, 0.5) is 0 Å². The van der Waals surface area contributed by atoms with Crippen molar-refractivity contribution >= 4 is 0 Å². The molecule has 6 nitrogen and oxygen atoms in total. The maximum atomic E-state index is 6.16. The van der Waals surface area contributed by atoms with Crippen LogP contribution in [0.1, 0.15) is 55.6 Å². The van der Waals surface area contributed by atoms with E-state index in [9.17, 15) is 0 Å². The molecule has 34 heavy (non-hydrogen) atoms. The number of ether oxygens (including phenoxy) is 4. The van der Waals surface area contributed by atoms with Gasteiger partial charge < -0.3 is 18.9 Å². The maximum absolute atomic E-state index is 6.16. The zero-order valence-corrected chi connectivity index (χ0v) is 20.1. The van der Waals surface area contributed by atoms with Crippen LogP contribution in [0.3, 0.4) is 0 Å². The van der Waals surface area contributed by atoms with Crippen LogP contribution in [0.25, 0.3) is 0 Å². The second-order valence-corrected chi connectivity index (χ2v) is 8.98. The van der Waals surface area contributed by atoms with Gasteiger partial charge in [-0.05, 0) is 42.7 Å². The maximum Gasteiger partial charge on any atom is 0.238 e. The minimum atomic E-state index is -0.221. The summed E-state index contributed by atoms with van der Waals surface area (Å²) in [7, 11) is 0. The SMILES string of the molecule is CC(C)Cc1nc(OCc2ccccc2)c(COC2CCCCO2)nc1OCc1ccccc1. The largest absolute Gasteiger partial charge is 0.471 e. The van der Waals surface area contributed by atoms with Crippen molar-refractivity contribution in [1.29, 1.82) is 0 Å². The third kappa shape index (κ3) is 7.27. The van der Waals surface area contributed by atoms with Crippen LogP contribution in [-0.2, 0) is 35.7 Å². The predicted molar refractivity (Wildman–Crippen MR) is 131 cm³/mol. The molecule has 0 N–H and O–H groups in total. The summed E-state index contributed by atoms with van der Waals surface area (Å²) in [6.07, 6.45) is 3.59. The molecule has 1 atom stereocenters. The number of nitrogens with zero attached hydrogens (tertiary/aromatic N) is 2. The van der Waals surface area contributed by atoms with Gasteiger partial charge in [-0.3, -0.25) is 0 Å². The van der Waals surface area contributed by atoms with Gasteiger partial charge in [-0.2, -0.15) is 0 Å². The van der Waals surface area contributed by atoms with Gasteiger partial charge in [0.05, 0.1) is 6.61 Å². The van der Waals surface area contributed by atoms with Crippen LogP contribution in [0, 0.1) is 5.92 Å². The van der Waals surface area contributed by atoms with Crippen LogP contribution in [0.15, 0.2) is 60.7 Å². The summed E-state index contributed by atoms with van der Waals surface area (Å²) >= 11 is 0. The molecule has 0 bridgehead atoms. The Labute approximate surface area is 202 Å². The van der Waals surface area contributed by atoms with E-state index in [1.54, 1.807) is 0 Å². The number of benzene rings is 2. The first-order valence-electron chi connectivity index (χ1n) is 12.1. The summed E-state index contributed by atoms with van der Waals surface area (Å²) in [4.78, 5) is 9.72. The summed E-state index contributed by atoms with van der Waals surface area (Å²) in [5, 5.41) is 0. The van der Waals surface area contributed by atoms with E-state index >= 15 is 0 Å². The van der Waals surface area contributed by atoms with Gasteiger partial charge in [-0.25, -0.2) is 9.97 Å². The molecule has 1 unspecified atom stereocenters. The van der Waals surface area contributed by atoms with Gasteiger partial charge in [0.25, 0.3) is 0 Å². The van der Waals surface area contributed by atoms with Crippen molar-refractivity contribution in [3.63, 3.8) is 0 Å². The third-order valence-corrected chi connectivity index (χ3v) is 5.55. The summed E-state index contributed by atoms with van der Waals surface area (Å²) in [6, 6.07) is 20.1. The summed E-state index contributed by atoms with van der Waals surface area (Å²) in [5.41, 5.74) is 3.58. The van der Waals surface area contributed by atoms with Gasteiger partial charge in [0.2, 0.25) is 11.8 Å². The molecule has 6 heteroatoms. The Bertz CT molecular complexity index is 1010. The zero-order valence-electron chi connectivity index (χ0n) is 20.1. The molecule has 1 fully saturated rings. The normalized spacial score (nSPS) is 15.9. The van der Waals surface area contributed by atoms with Gasteiger partial charge in [0.1, 0.15) is 24.6 Å². The molecule has 0 amide bonds. The smallest absolute Gasteiger partial charge is 0.238 e. The van der Waals surface area contributed by atoms with Crippen LogP contribution >= 0.6 is 0 Å². The molecule has 0 radical (unpaired) electrons. The van der Waals surface area contributed by atoms with Crippen LogP contribution in [0.2, 0.25) is 0 Å². The van der Waals surface area contributed by atoms with Gasteiger partial charge in [-0.15, -0.1) is 0 Å². The van der Waals surface area contributed by atoms with Gasteiger partial charge in [-0.1, -0.05) is 74.5 Å². The van der Waals surface area contributed by atoms with Crippen molar-refractivity contribution in [2.24, 2.45) is 5.92 Å². The Morgan fingerprint density at radius 3 is 1.94 bits per heavy atom. The number of rotatable bonds is 11. The molecule has 1 aliphatic rings. The minimum absolute atomic E-state index is 0.221. The number of hydrogen-bond acceptors (Lipinski definition) is 6. The summed E-state index contributed by atoms with van der Waals surface area (Å²) < 4.78 is 24.1. The molecule has 3 aromatic rings. The molecule has 0 aliphatic carbocycles. The Hall–Kier alpha value is -2.96. The highest BCUT2D eigenvalue weighted by molar-refractivity contribution is 5.30. The summed E-state index contributed by atoms with van der Waals surface area (Å²) in [6.45, 7) is 6.14. The van der Waals surface area contributed by atoms with Crippen molar-refractivity contribution in [3.05, 3.63) is 83.2 Å². The van der Waals surface area contributed by atoms with E-state index in [0.717, 1.165) is 49.1 Å². The van der Waals surface area contributed by atoms with E-state index in [0.29, 0.717) is 36.6 Å². The number of hydrogen-bond donors (Lipinski definition) is 0. The molecule has 180 valence electrons. The molecular weight excluding hydrogens is 428 g/mol. The Morgan fingerprint density at radius 1 is 0.794 bits per heavy atom. The second kappa shape index (κ2) is 12.5. The van der Waals surface area contributed by atoms with E-state index in [4.69, 9.17) is 28.9 Å². The quantitative estimate of drug-likeness (QED) is 0.355. The monoisotopic (exact) mass is 462 g/mol. The standard InChI is InChI=1S/C28H34N2O4/c1-21(2)17-24-27(33-18-22-11-5-3-6-12-22)30-25(20-32-26-15-9-10-16-31-26)28(29-24)34-19-23-13-7-4-8-14-23/h3-8,11-14,21,26H,9-10,15-20H2,1-2H3. The molecule has 1 aliphatic heterocycles. The van der Waals surface area contributed by atoms with Crippen LogP contribution in [0.5, 0.6) is 11.8 Å². The van der Waals surface area contributed by atoms with Crippen LogP contribution < -0.4 is 9.47 Å². The fraction of sp³-hybridized carbons (Fsp3) is 0.429. The van der Waals surface area contributed by atoms with E-state index < -0.39 is 0 Å². The van der Waals surface area contributed by atoms with E-state index in [2.05, 4.69) is 13.8 Å². The molecule has 2 heterocycles. The lowest BCUT2D eigenvalue weighted by atomic mass is 10.1. The molecule has 0 saturated carbocycles. The number of aromatic nitrogens is 2. The fourth-order valence-electron chi connectivity index (χ4n) is 3.78. The zero-order chi connectivity index (χ0) is 23.6. The van der Waals surface area contributed by atoms with E-state index in [-0.39, 0.29) is 12.9 Å². The van der Waals surface area contributed by atoms with E-state index in [1.807, 2.05) is 60.7 Å². The van der Waals surface area contributed by atoms with E-state index in [1.165, 1.54) is 0 Å². The van der Waals surface area contributed by atoms with Crippen molar-refractivity contribution in [1.82, 2.24) is 9.97 Å². The topological polar surface area (TPSA) is 62.7 Å². The molecule has 1 saturated heterocycles. The predicted octanol–water partition coefficient (Wildman–Crippen LogP) is 5.88. The van der Waals surface area contributed by atoms with Crippen molar-refractivity contribution in [2.75, 3.05) is 6.61 Å². The van der Waals surface area contributed by atoms with Crippen LogP contribution in [-0.4, -0.2) is 22.9 Å². The average molecular weight is 463 g/mol.